The van der Waals surface area contributed by atoms with Crippen LogP contribution in [0.4, 0.5) is 4.79 Å². The van der Waals surface area contributed by atoms with Crippen molar-refractivity contribution >= 4 is 21.8 Å². The molecule has 0 aliphatic carbocycles. The summed E-state index contributed by atoms with van der Waals surface area (Å²) in [7, 11) is -3.12. The van der Waals surface area contributed by atoms with Crippen LogP contribution in [0.5, 0.6) is 0 Å². The molecule has 1 N–H and O–H groups in total. The van der Waals surface area contributed by atoms with E-state index >= 15 is 0 Å². The second-order valence-corrected chi connectivity index (χ2v) is 7.23. The maximum Gasteiger partial charge on any atom is 0.324 e. The van der Waals surface area contributed by atoms with Crippen LogP contribution in [0.2, 0.25) is 0 Å². The third-order valence-electron chi connectivity index (χ3n) is 3.12. The summed E-state index contributed by atoms with van der Waals surface area (Å²) in [6.45, 7) is 2.51. The van der Waals surface area contributed by atoms with Gasteiger partial charge in [-0.1, -0.05) is 26.2 Å². The fraction of sp³-hybridized carbons (Fsp3) is 0.833. The summed E-state index contributed by atoms with van der Waals surface area (Å²) in [6.07, 6.45) is 5.23. The van der Waals surface area contributed by atoms with E-state index in [0.717, 1.165) is 31.9 Å². The van der Waals surface area contributed by atoms with Gasteiger partial charge in [-0.2, -0.15) is 0 Å². The Morgan fingerprint density at radius 2 is 1.89 bits per heavy atom. The minimum Gasteiger partial charge on any atom is -0.326 e. The summed E-state index contributed by atoms with van der Waals surface area (Å²) in [5.41, 5.74) is 0. The molecule has 19 heavy (non-hydrogen) atoms. The first kappa shape index (κ1) is 15.9. The van der Waals surface area contributed by atoms with Crippen LogP contribution in [0.15, 0.2) is 0 Å². The minimum atomic E-state index is -3.12. The molecular weight excluding hydrogens is 268 g/mol. The summed E-state index contributed by atoms with van der Waals surface area (Å²) >= 11 is 0. The molecule has 1 rings (SSSR count). The quantitative estimate of drug-likeness (QED) is 0.532. The van der Waals surface area contributed by atoms with Crippen LogP contribution in [0, 0.1) is 0 Å². The third-order valence-corrected chi connectivity index (χ3v) is 4.10. The van der Waals surface area contributed by atoms with E-state index in [1.54, 1.807) is 0 Å². The summed E-state index contributed by atoms with van der Waals surface area (Å²) in [5, 5.41) is 2.54. The van der Waals surface area contributed by atoms with Crippen LogP contribution in [0.25, 0.3) is 0 Å². The number of rotatable bonds is 8. The summed E-state index contributed by atoms with van der Waals surface area (Å²) in [5.74, 6) is -0.391. The van der Waals surface area contributed by atoms with Crippen molar-refractivity contribution in [1.29, 1.82) is 0 Å². The summed E-state index contributed by atoms with van der Waals surface area (Å²) in [4.78, 5) is 24.8. The molecule has 1 aliphatic heterocycles. The molecule has 1 unspecified atom stereocenters. The minimum absolute atomic E-state index is 0.0899. The predicted octanol–water partition coefficient (Wildman–Crippen LogP) is 0.922. The zero-order valence-corrected chi connectivity index (χ0v) is 12.3. The largest absolute Gasteiger partial charge is 0.326 e. The molecule has 3 amide bonds. The number of urea groups is 1. The maximum atomic E-state index is 11.9. The molecule has 1 saturated heterocycles. The Hall–Kier alpha value is -1.11. The first-order valence-corrected chi connectivity index (χ1v) is 8.71. The average Bonchev–Trinajstić information content (AvgIpc) is 2.58. The molecule has 1 aliphatic rings. The lowest BCUT2D eigenvalue weighted by atomic mass is 10.2. The van der Waals surface area contributed by atoms with Crippen LogP contribution in [-0.2, 0) is 14.6 Å². The van der Waals surface area contributed by atoms with Crippen molar-refractivity contribution in [1.82, 2.24) is 10.2 Å². The molecule has 0 bridgehead atoms. The van der Waals surface area contributed by atoms with E-state index in [-0.39, 0.29) is 18.1 Å². The monoisotopic (exact) mass is 290 g/mol. The van der Waals surface area contributed by atoms with Gasteiger partial charge in [-0.25, -0.2) is 13.2 Å². The second-order valence-electron chi connectivity index (χ2n) is 4.97. The highest BCUT2D eigenvalue weighted by Gasteiger charge is 2.37. The topological polar surface area (TPSA) is 83.6 Å². The van der Waals surface area contributed by atoms with Crippen molar-refractivity contribution in [3.05, 3.63) is 0 Å². The number of unbranched alkanes of at least 4 members (excludes halogenated alkanes) is 3. The zero-order chi connectivity index (χ0) is 14.5. The molecule has 1 heterocycles. The van der Waals surface area contributed by atoms with E-state index in [1.165, 1.54) is 4.90 Å². The molecule has 0 radical (unpaired) electrons. The highest BCUT2D eigenvalue weighted by molar-refractivity contribution is 7.90. The zero-order valence-electron chi connectivity index (χ0n) is 11.5. The second kappa shape index (κ2) is 6.88. The van der Waals surface area contributed by atoms with Crippen LogP contribution < -0.4 is 5.32 Å². The standard InChI is InChI=1S/C12H22N2O4S/c1-3-4-5-6-8-14-11(15)10(13-12(14)16)7-9-19(2,17)18/h10H,3-9H2,1-2H3,(H,13,16). The van der Waals surface area contributed by atoms with Gasteiger partial charge < -0.3 is 5.32 Å². The van der Waals surface area contributed by atoms with E-state index in [0.29, 0.717) is 6.54 Å². The molecule has 0 aromatic heterocycles. The lowest BCUT2D eigenvalue weighted by Crippen LogP contribution is -2.33. The van der Waals surface area contributed by atoms with E-state index in [9.17, 15) is 18.0 Å². The number of amides is 3. The van der Waals surface area contributed by atoms with Crippen molar-refractivity contribution in [2.24, 2.45) is 0 Å². The maximum absolute atomic E-state index is 11.9. The van der Waals surface area contributed by atoms with Gasteiger partial charge >= 0.3 is 6.03 Å². The van der Waals surface area contributed by atoms with Crippen LogP contribution in [-0.4, -0.2) is 49.9 Å². The number of hydrogen-bond donors (Lipinski definition) is 1. The molecule has 0 saturated carbocycles. The van der Waals surface area contributed by atoms with Crippen molar-refractivity contribution in [2.45, 2.75) is 45.1 Å². The number of nitrogens with zero attached hydrogens (tertiary/aromatic N) is 1. The Bertz CT molecular complexity index is 433. The number of imide groups is 1. The number of nitrogens with one attached hydrogen (secondary N) is 1. The Morgan fingerprint density at radius 3 is 2.47 bits per heavy atom. The van der Waals surface area contributed by atoms with E-state index in [2.05, 4.69) is 12.2 Å². The Labute approximate surface area is 114 Å². The number of carbonyl (C=O) groups is 2. The van der Waals surface area contributed by atoms with Gasteiger partial charge in [0.2, 0.25) is 0 Å². The van der Waals surface area contributed by atoms with Crippen molar-refractivity contribution in [3.63, 3.8) is 0 Å². The SMILES string of the molecule is CCCCCCN1C(=O)NC(CCS(C)(=O)=O)C1=O. The van der Waals surface area contributed by atoms with Gasteiger partial charge in [0, 0.05) is 12.8 Å². The van der Waals surface area contributed by atoms with Crippen LogP contribution in [0.1, 0.15) is 39.0 Å². The van der Waals surface area contributed by atoms with Crippen LogP contribution >= 0.6 is 0 Å². The molecule has 110 valence electrons. The summed E-state index contributed by atoms with van der Waals surface area (Å²) in [6, 6.07) is -1.09. The third kappa shape index (κ3) is 5.18. The van der Waals surface area contributed by atoms with Gasteiger partial charge in [-0.05, 0) is 12.8 Å². The Balaban J connectivity index is 2.44. The van der Waals surface area contributed by atoms with Gasteiger partial charge in [0.1, 0.15) is 15.9 Å². The Kier molecular flexibility index (Phi) is 5.78. The highest BCUT2D eigenvalue weighted by Crippen LogP contribution is 2.12. The highest BCUT2D eigenvalue weighted by atomic mass is 32.2. The normalized spacial score (nSPS) is 19.9. The number of sulfone groups is 1. The number of carbonyl (C=O) groups excluding carboxylic acids is 2. The van der Waals surface area contributed by atoms with Gasteiger partial charge in [0.25, 0.3) is 5.91 Å². The lowest BCUT2D eigenvalue weighted by Gasteiger charge is -2.12. The predicted molar refractivity (Wildman–Crippen MR) is 72.5 cm³/mol. The average molecular weight is 290 g/mol. The van der Waals surface area contributed by atoms with Gasteiger partial charge in [0.15, 0.2) is 0 Å². The van der Waals surface area contributed by atoms with E-state index in [1.807, 2.05) is 0 Å². The molecule has 7 heteroatoms. The number of hydrogen-bond acceptors (Lipinski definition) is 4. The fourth-order valence-corrected chi connectivity index (χ4v) is 2.68. The van der Waals surface area contributed by atoms with Gasteiger partial charge in [-0.15, -0.1) is 0 Å². The molecule has 1 atom stereocenters. The smallest absolute Gasteiger partial charge is 0.324 e. The Morgan fingerprint density at radius 1 is 1.21 bits per heavy atom. The van der Waals surface area contributed by atoms with Crippen LogP contribution in [0.3, 0.4) is 0 Å². The van der Waals surface area contributed by atoms with Crippen molar-refractivity contribution in [2.75, 3.05) is 18.6 Å². The van der Waals surface area contributed by atoms with Gasteiger partial charge in [0.05, 0.1) is 5.75 Å². The first-order chi connectivity index (χ1) is 8.85. The lowest BCUT2D eigenvalue weighted by molar-refractivity contribution is -0.127. The van der Waals surface area contributed by atoms with E-state index < -0.39 is 21.9 Å². The van der Waals surface area contributed by atoms with E-state index in [4.69, 9.17) is 0 Å². The molecule has 6 nitrogen and oxygen atoms in total. The first-order valence-electron chi connectivity index (χ1n) is 6.64. The summed E-state index contributed by atoms with van der Waals surface area (Å²) < 4.78 is 22.1. The van der Waals surface area contributed by atoms with Gasteiger partial charge in [-0.3, -0.25) is 9.69 Å². The molecule has 0 aromatic rings. The molecule has 0 aromatic carbocycles. The molecular formula is C12H22N2O4S. The van der Waals surface area contributed by atoms with Crippen molar-refractivity contribution in [3.8, 4) is 0 Å². The molecule has 1 fully saturated rings. The van der Waals surface area contributed by atoms with Crippen molar-refractivity contribution < 1.29 is 18.0 Å². The molecule has 0 spiro atoms. The fourth-order valence-electron chi connectivity index (χ4n) is 2.01.